The number of hydrogen-bond acceptors (Lipinski definition) is 3. The molecule has 0 saturated carbocycles. The Kier molecular flexibility index (Phi) is 10.1. The molecule has 0 bridgehead atoms. The summed E-state index contributed by atoms with van der Waals surface area (Å²) >= 11 is 0. The second-order valence-corrected chi connectivity index (χ2v) is 8.73. The molecule has 0 amide bonds. The highest BCUT2D eigenvalue weighted by molar-refractivity contribution is 14.0. The molecule has 0 spiro atoms. The Balaban J connectivity index is 0.00000306. The summed E-state index contributed by atoms with van der Waals surface area (Å²) < 4.78 is 6.19. The van der Waals surface area contributed by atoms with Crippen LogP contribution in [-0.4, -0.2) is 38.7 Å². The van der Waals surface area contributed by atoms with Gasteiger partial charge in [-0.1, -0.05) is 54.1 Å². The lowest BCUT2D eigenvalue weighted by Gasteiger charge is -2.32. The van der Waals surface area contributed by atoms with Gasteiger partial charge in [-0.25, -0.2) is 4.99 Å². The summed E-state index contributed by atoms with van der Waals surface area (Å²) in [7, 11) is 0. The van der Waals surface area contributed by atoms with E-state index in [0.717, 1.165) is 51.6 Å². The smallest absolute Gasteiger partial charge is 0.191 e. The van der Waals surface area contributed by atoms with Crippen LogP contribution in [-0.2, 0) is 11.3 Å². The Morgan fingerprint density at radius 3 is 2.64 bits per heavy atom. The fraction of sp³-hybridized carbons (Fsp3) is 0.444. The molecule has 2 unspecified atom stereocenters. The van der Waals surface area contributed by atoms with E-state index >= 15 is 0 Å². The fourth-order valence-electron chi connectivity index (χ4n) is 4.46. The summed E-state index contributed by atoms with van der Waals surface area (Å²) in [5.41, 5.74) is 5.05. The van der Waals surface area contributed by atoms with Gasteiger partial charge in [0, 0.05) is 44.4 Å². The maximum atomic E-state index is 6.19. The molecule has 2 atom stereocenters. The molecule has 1 fully saturated rings. The van der Waals surface area contributed by atoms with Crippen LogP contribution in [0.5, 0.6) is 0 Å². The lowest BCUT2D eigenvalue weighted by molar-refractivity contribution is -0.0265. The van der Waals surface area contributed by atoms with Crippen LogP contribution >= 0.6 is 24.0 Å². The minimum atomic E-state index is 0. The van der Waals surface area contributed by atoms with Gasteiger partial charge in [0.2, 0.25) is 0 Å². The standard InChI is InChI=1S/C27H36N4O.HI/c1-3-28-27(29-19-22-8-6-10-25(18-22)31-15-4-5-16-31)30-20-24-9-7-17-32-26(24)23-13-11-21(2)12-14-23;/h4-6,8,10-14,18,24,26H,3,7,9,15-17,19-20H2,1-2H3,(H2,28,29,30);1H. The molecule has 2 heterocycles. The molecule has 5 nitrogen and oxygen atoms in total. The topological polar surface area (TPSA) is 48.9 Å². The highest BCUT2D eigenvalue weighted by Crippen LogP contribution is 2.33. The van der Waals surface area contributed by atoms with Crippen molar-refractivity contribution in [2.45, 2.75) is 39.3 Å². The molecule has 2 aliphatic heterocycles. The second kappa shape index (κ2) is 13.0. The van der Waals surface area contributed by atoms with Crippen molar-refractivity contribution in [3.63, 3.8) is 0 Å². The molecule has 1 saturated heterocycles. The van der Waals surface area contributed by atoms with E-state index in [4.69, 9.17) is 9.73 Å². The Labute approximate surface area is 215 Å². The van der Waals surface area contributed by atoms with Crippen LogP contribution in [0.15, 0.2) is 65.7 Å². The van der Waals surface area contributed by atoms with E-state index in [9.17, 15) is 0 Å². The van der Waals surface area contributed by atoms with Gasteiger partial charge >= 0.3 is 0 Å². The maximum absolute atomic E-state index is 6.19. The summed E-state index contributed by atoms with van der Waals surface area (Å²) in [5, 5.41) is 6.98. The van der Waals surface area contributed by atoms with Gasteiger partial charge in [0.15, 0.2) is 5.96 Å². The second-order valence-electron chi connectivity index (χ2n) is 8.73. The minimum Gasteiger partial charge on any atom is -0.373 e. The minimum absolute atomic E-state index is 0. The number of anilines is 1. The first-order valence-electron chi connectivity index (χ1n) is 11.9. The van der Waals surface area contributed by atoms with Crippen molar-refractivity contribution >= 4 is 35.6 Å². The van der Waals surface area contributed by atoms with Crippen LogP contribution < -0.4 is 15.5 Å². The normalized spacial score (nSPS) is 20.4. The molecular weight excluding hydrogens is 523 g/mol. The predicted octanol–water partition coefficient (Wildman–Crippen LogP) is 5.21. The third-order valence-electron chi connectivity index (χ3n) is 6.24. The Bertz CT molecular complexity index is 920. The van der Waals surface area contributed by atoms with Crippen LogP contribution in [0.1, 0.15) is 42.6 Å². The van der Waals surface area contributed by atoms with Crippen LogP contribution in [0.2, 0.25) is 0 Å². The molecule has 0 aliphatic carbocycles. The number of guanidine groups is 1. The van der Waals surface area contributed by atoms with Crippen LogP contribution in [0.3, 0.4) is 0 Å². The number of ether oxygens (including phenoxy) is 1. The van der Waals surface area contributed by atoms with Crippen molar-refractivity contribution in [2.24, 2.45) is 10.9 Å². The molecule has 33 heavy (non-hydrogen) atoms. The van der Waals surface area contributed by atoms with Crippen molar-refractivity contribution < 1.29 is 4.74 Å². The molecular formula is C27H37IN4O. The first-order chi connectivity index (χ1) is 15.7. The van der Waals surface area contributed by atoms with E-state index in [0.29, 0.717) is 12.5 Å². The van der Waals surface area contributed by atoms with Gasteiger partial charge in [-0.15, -0.1) is 24.0 Å². The number of rotatable bonds is 7. The number of hydrogen-bond donors (Lipinski definition) is 2. The fourth-order valence-corrected chi connectivity index (χ4v) is 4.46. The molecule has 0 radical (unpaired) electrons. The number of nitrogens with zero attached hydrogens (tertiary/aromatic N) is 2. The molecule has 6 heteroatoms. The zero-order valence-corrected chi connectivity index (χ0v) is 22.1. The van der Waals surface area contributed by atoms with E-state index in [1.165, 1.54) is 22.4 Å². The van der Waals surface area contributed by atoms with Crippen molar-refractivity contribution in [1.82, 2.24) is 10.6 Å². The average Bonchev–Trinajstić information content (AvgIpc) is 3.37. The molecule has 2 N–H and O–H groups in total. The van der Waals surface area contributed by atoms with Gasteiger partial charge in [0.05, 0.1) is 12.6 Å². The number of aliphatic imine (C=N–C) groups is 1. The molecule has 4 rings (SSSR count). The van der Waals surface area contributed by atoms with E-state index in [1.807, 2.05) is 0 Å². The van der Waals surface area contributed by atoms with E-state index in [1.54, 1.807) is 0 Å². The molecule has 178 valence electrons. The summed E-state index contributed by atoms with van der Waals surface area (Å²) in [6.07, 6.45) is 6.86. The van der Waals surface area contributed by atoms with Gasteiger partial charge in [-0.2, -0.15) is 0 Å². The summed E-state index contributed by atoms with van der Waals surface area (Å²) in [6.45, 7) is 9.40. The molecule has 2 aromatic carbocycles. The third kappa shape index (κ3) is 7.21. The van der Waals surface area contributed by atoms with Gasteiger partial charge < -0.3 is 20.3 Å². The number of nitrogens with one attached hydrogen (secondary N) is 2. The highest BCUT2D eigenvalue weighted by Gasteiger charge is 2.27. The van der Waals surface area contributed by atoms with Crippen molar-refractivity contribution in [3.8, 4) is 0 Å². The van der Waals surface area contributed by atoms with Gasteiger partial charge in [0.1, 0.15) is 0 Å². The van der Waals surface area contributed by atoms with E-state index in [-0.39, 0.29) is 30.1 Å². The molecule has 0 aromatic heterocycles. The average molecular weight is 561 g/mol. The lowest BCUT2D eigenvalue weighted by atomic mass is 9.89. The SMILES string of the molecule is CCNC(=NCc1cccc(N2CC=CC2)c1)NCC1CCCOC1c1ccc(C)cc1.I. The van der Waals surface area contributed by atoms with E-state index < -0.39 is 0 Å². The van der Waals surface area contributed by atoms with Crippen LogP contribution in [0.25, 0.3) is 0 Å². The number of benzene rings is 2. The molecule has 2 aliphatic rings. The quantitative estimate of drug-likeness (QED) is 0.211. The highest BCUT2D eigenvalue weighted by atomic mass is 127. The predicted molar refractivity (Wildman–Crippen MR) is 149 cm³/mol. The zero-order valence-electron chi connectivity index (χ0n) is 19.8. The van der Waals surface area contributed by atoms with Crippen LogP contribution in [0, 0.1) is 12.8 Å². The van der Waals surface area contributed by atoms with Crippen LogP contribution in [0.4, 0.5) is 5.69 Å². The maximum Gasteiger partial charge on any atom is 0.191 e. The Morgan fingerprint density at radius 1 is 1.09 bits per heavy atom. The summed E-state index contributed by atoms with van der Waals surface area (Å²) in [5.74, 6) is 1.30. The van der Waals surface area contributed by atoms with Gasteiger partial charge in [0.25, 0.3) is 0 Å². The first-order valence-corrected chi connectivity index (χ1v) is 11.9. The van der Waals surface area contributed by atoms with Gasteiger partial charge in [-0.3, -0.25) is 0 Å². The van der Waals surface area contributed by atoms with Gasteiger partial charge in [-0.05, 0) is 49.9 Å². The Hall–Kier alpha value is -2.06. The first kappa shape index (κ1) is 25.6. The number of halogens is 1. The van der Waals surface area contributed by atoms with Crippen molar-refractivity contribution in [2.75, 3.05) is 37.7 Å². The summed E-state index contributed by atoms with van der Waals surface area (Å²) in [4.78, 5) is 7.23. The van der Waals surface area contributed by atoms with Crippen molar-refractivity contribution in [1.29, 1.82) is 0 Å². The van der Waals surface area contributed by atoms with Crippen molar-refractivity contribution in [3.05, 3.63) is 77.4 Å². The molecule has 2 aromatic rings. The number of aryl methyl sites for hydroxylation is 1. The Morgan fingerprint density at radius 2 is 1.88 bits per heavy atom. The largest absolute Gasteiger partial charge is 0.373 e. The monoisotopic (exact) mass is 560 g/mol. The summed E-state index contributed by atoms with van der Waals surface area (Å²) in [6, 6.07) is 17.5. The van der Waals surface area contributed by atoms with E-state index in [2.05, 4.69) is 90.1 Å². The lowest BCUT2D eigenvalue weighted by Crippen LogP contribution is -2.42. The third-order valence-corrected chi connectivity index (χ3v) is 6.24. The zero-order chi connectivity index (χ0) is 22.2.